The Bertz CT molecular complexity index is 1320. The van der Waals surface area contributed by atoms with Gasteiger partial charge in [0.2, 0.25) is 5.91 Å². The van der Waals surface area contributed by atoms with Crippen LogP contribution in [0, 0.1) is 22.6 Å². The number of carbonyl (C=O) groups excluding carboxylic acids is 2. The molecule has 6 fully saturated rings. The topological polar surface area (TPSA) is 129 Å². The fourth-order valence-corrected chi connectivity index (χ4v) is 9.87. The zero-order valence-corrected chi connectivity index (χ0v) is 26.2. The maximum absolute atomic E-state index is 15.8. The zero-order chi connectivity index (χ0) is 31.3. The normalized spacial score (nSPS) is 38.4. The van der Waals surface area contributed by atoms with Crippen LogP contribution in [0.15, 0.2) is 23.2 Å². The highest BCUT2D eigenvalue weighted by molar-refractivity contribution is 5.94. The van der Waals surface area contributed by atoms with E-state index in [0.717, 1.165) is 64.6 Å². The predicted molar refractivity (Wildman–Crippen MR) is 169 cm³/mol. The average Bonchev–Trinajstić information content (AvgIpc) is 3.75. The maximum atomic E-state index is 15.8. The molecule has 7 atom stereocenters. The van der Waals surface area contributed by atoms with Crippen LogP contribution in [0.4, 0.5) is 8.78 Å². The molecule has 2 saturated carbocycles. The highest BCUT2D eigenvalue weighted by Crippen LogP contribution is 2.76. The van der Waals surface area contributed by atoms with E-state index in [0.29, 0.717) is 50.0 Å². The summed E-state index contributed by atoms with van der Waals surface area (Å²) in [6.07, 6.45) is 8.27. The van der Waals surface area contributed by atoms with Crippen molar-refractivity contribution in [2.24, 2.45) is 33.2 Å². The Kier molecular flexibility index (Phi) is 8.50. The number of fused-ring (bicyclic) bond motifs is 4. The number of benzene rings is 1. The van der Waals surface area contributed by atoms with Gasteiger partial charge in [0, 0.05) is 62.5 Å². The van der Waals surface area contributed by atoms with Gasteiger partial charge in [-0.25, -0.2) is 8.78 Å². The third-order valence-corrected chi connectivity index (χ3v) is 12.4. The van der Waals surface area contributed by atoms with Gasteiger partial charge in [-0.15, -0.1) is 0 Å². The number of nitrogens with zero attached hydrogens (tertiary/aromatic N) is 3. The number of piperidine rings is 2. The molecule has 4 saturated heterocycles. The van der Waals surface area contributed by atoms with E-state index in [9.17, 15) is 9.59 Å². The summed E-state index contributed by atoms with van der Waals surface area (Å²) in [5.41, 5.74) is 13.4. The molecule has 0 radical (unpaired) electrons. The van der Waals surface area contributed by atoms with Gasteiger partial charge in [0.15, 0.2) is 0 Å². The molecule has 8 rings (SSSR count). The van der Waals surface area contributed by atoms with Crippen LogP contribution >= 0.6 is 0 Å². The summed E-state index contributed by atoms with van der Waals surface area (Å²) in [4.78, 5) is 36.3. The molecule has 6 N–H and O–H groups in total. The summed E-state index contributed by atoms with van der Waals surface area (Å²) in [6.45, 7) is 4.67. The lowest BCUT2D eigenvalue weighted by Gasteiger charge is -2.38. The van der Waals surface area contributed by atoms with E-state index < -0.39 is 36.2 Å². The molecular weight excluding hydrogens is 576 g/mol. The van der Waals surface area contributed by atoms with E-state index in [1.807, 2.05) is 4.90 Å². The Morgan fingerprint density at radius 1 is 1.04 bits per heavy atom. The third kappa shape index (κ3) is 5.83. The van der Waals surface area contributed by atoms with Gasteiger partial charge in [-0.3, -0.25) is 14.6 Å². The molecule has 9 nitrogen and oxygen atoms in total. The van der Waals surface area contributed by atoms with E-state index in [2.05, 4.69) is 20.5 Å². The monoisotopic (exact) mass is 625 g/mol. The van der Waals surface area contributed by atoms with E-state index in [1.54, 1.807) is 12.1 Å². The minimum absolute atomic E-state index is 0.00318. The fraction of sp³-hybridized carbons (Fsp3) is 0.735. The molecular formula is C34H49F2N7O2. The Morgan fingerprint density at radius 3 is 2.53 bits per heavy atom. The first-order chi connectivity index (χ1) is 21.7. The van der Waals surface area contributed by atoms with Gasteiger partial charge in [0.1, 0.15) is 12.0 Å². The number of nitrogens with two attached hydrogens (primary N) is 2. The first-order valence-electron chi connectivity index (χ1n) is 17.2. The SMILES string of the molecule is NC(N)C(C(=O)NC1CNCCC1c1ccc(C(=O)N2CCN3CCC2CC3)cc1F)C1CC23CCCCC2(CC(F)C=N1)C3. The number of nitrogens with one attached hydrogen (secondary N) is 2. The first-order valence-corrected chi connectivity index (χ1v) is 17.2. The van der Waals surface area contributed by atoms with Gasteiger partial charge in [-0.2, -0.15) is 0 Å². The van der Waals surface area contributed by atoms with E-state index >= 15 is 8.78 Å². The predicted octanol–water partition coefficient (Wildman–Crippen LogP) is 2.69. The molecule has 1 aromatic carbocycles. The number of rotatable bonds is 6. The summed E-state index contributed by atoms with van der Waals surface area (Å²) in [7, 11) is 0. The van der Waals surface area contributed by atoms with Gasteiger partial charge in [0.25, 0.3) is 5.91 Å². The van der Waals surface area contributed by atoms with Gasteiger partial charge in [-0.05, 0) is 86.4 Å². The molecule has 5 aliphatic heterocycles. The van der Waals surface area contributed by atoms with Crippen molar-refractivity contribution in [1.29, 1.82) is 0 Å². The molecule has 11 heteroatoms. The lowest BCUT2D eigenvalue weighted by Crippen LogP contribution is -2.57. The van der Waals surface area contributed by atoms with Crippen molar-refractivity contribution in [3.05, 3.63) is 35.1 Å². The van der Waals surface area contributed by atoms with Crippen LogP contribution in [0.1, 0.15) is 86.0 Å². The highest BCUT2D eigenvalue weighted by atomic mass is 19.1. The molecule has 2 amide bonds. The Hall–Kier alpha value is -2.47. The van der Waals surface area contributed by atoms with Crippen molar-refractivity contribution in [3.63, 3.8) is 0 Å². The van der Waals surface area contributed by atoms with Crippen LogP contribution in [0.25, 0.3) is 0 Å². The first kappa shape index (κ1) is 31.1. The number of hydrogen-bond acceptors (Lipinski definition) is 7. The maximum Gasteiger partial charge on any atom is 0.254 e. The second kappa shape index (κ2) is 12.3. The molecule has 1 aromatic rings. The molecule has 2 aliphatic carbocycles. The summed E-state index contributed by atoms with van der Waals surface area (Å²) < 4.78 is 30.8. The summed E-state index contributed by atoms with van der Waals surface area (Å²) in [6, 6.07) is 4.12. The van der Waals surface area contributed by atoms with Crippen molar-refractivity contribution in [2.45, 2.75) is 101 Å². The van der Waals surface area contributed by atoms with Crippen LogP contribution < -0.4 is 22.1 Å². The van der Waals surface area contributed by atoms with Crippen LogP contribution in [-0.2, 0) is 4.79 Å². The third-order valence-electron chi connectivity index (χ3n) is 12.4. The molecule has 246 valence electrons. The second-order valence-electron chi connectivity index (χ2n) is 14.9. The van der Waals surface area contributed by atoms with Gasteiger partial charge in [0.05, 0.1) is 18.1 Å². The molecule has 0 aromatic heterocycles. The van der Waals surface area contributed by atoms with E-state index in [-0.39, 0.29) is 34.6 Å². The summed E-state index contributed by atoms with van der Waals surface area (Å²) in [5.74, 6) is -1.98. The number of alkyl halides is 1. The van der Waals surface area contributed by atoms with Crippen molar-refractivity contribution < 1.29 is 18.4 Å². The molecule has 0 spiro atoms. The van der Waals surface area contributed by atoms with Crippen LogP contribution in [0.2, 0.25) is 0 Å². The van der Waals surface area contributed by atoms with Crippen LogP contribution in [0.3, 0.4) is 0 Å². The average molecular weight is 626 g/mol. The lowest BCUT2D eigenvalue weighted by molar-refractivity contribution is -0.127. The number of hydrogen-bond donors (Lipinski definition) is 4. The minimum Gasteiger partial charge on any atom is -0.351 e. The number of halogens is 2. The zero-order valence-electron chi connectivity index (χ0n) is 26.2. The Labute approximate surface area is 264 Å². The largest absolute Gasteiger partial charge is 0.351 e. The summed E-state index contributed by atoms with van der Waals surface area (Å²) >= 11 is 0. The standard InChI is InChI=1S/C34H49F2N7O2/c35-22-16-33-8-1-2-9-34(33,20-33)17-27(40-18-22)29(30(37)38)31(44)41-28-19-39-10-5-25(28)24-4-3-21(15-26(24)36)32(45)43-14-13-42-11-6-23(43)7-12-42/h3-4,15,18,22-23,25,27-30,39H,1-2,5-14,16-17,19-20,37-38H2,(H,41,44). The Balaban J connectivity index is 1.08. The molecule has 7 aliphatic rings. The van der Waals surface area contributed by atoms with Gasteiger partial charge >= 0.3 is 0 Å². The van der Waals surface area contributed by atoms with E-state index in [1.165, 1.54) is 12.3 Å². The van der Waals surface area contributed by atoms with Gasteiger partial charge < -0.3 is 31.9 Å². The fourth-order valence-electron chi connectivity index (χ4n) is 9.87. The van der Waals surface area contributed by atoms with Crippen molar-refractivity contribution in [3.8, 4) is 0 Å². The molecule has 45 heavy (non-hydrogen) atoms. The van der Waals surface area contributed by atoms with Crippen molar-refractivity contribution in [1.82, 2.24) is 20.4 Å². The smallest absolute Gasteiger partial charge is 0.254 e. The molecule has 7 unspecified atom stereocenters. The number of carbonyl (C=O) groups is 2. The lowest BCUT2D eigenvalue weighted by atomic mass is 9.71. The summed E-state index contributed by atoms with van der Waals surface area (Å²) in [5, 5.41) is 6.49. The molecule has 2 bridgehead atoms. The Morgan fingerprint density at radius 2 is 1.80 bits per heavy atom. The number of aliphatic imine (C=N–C) groups is 1. The van der Waals surface area contributed by atoms with Crippen molar-refractivity contribution >= 4 is 18.0 Å². The molecule has 5 heterocycles. The quantitative estimate of drug-likeness (QED) is 0.360. The number of amides is 2. The van der Waals surface area contributed by atoms with Crippen LogP contribution in [0.5, 0.6) is 0 Å². The minimum atomic E-state index is -1.14. The van der Waals surface area contributed by atoms with Gasteiger partial charge in [-0.1, -0.05) is 18.9 Å². The van der Waals surface area contributed by atoms with E-state index in [4.69, 9.17) is 11.5 Å². The van der Waals surface area contributed by atoms with Crippen molar-refractivity contribution in [2.75, 3.05) is 39.3 Å². The van der Waals surface area contributed by atoms with Crippen LogP contribution in [-0.4, -0.2) is 97.6 Å². The second-order valence-corrected chi connectivity index (χ2v) is 14.9. The highest BCUT2D eigenvalue weighted by Gasteiger charge is 2.68.